The second-order valence-corrected chi connectivity index (χ2v) is 8.09. The Labute approximate surface area is 181 Å². The molecular weight excluding hydrogens is 410 g/mol. The van der Waals surface area contributed by atoms with Gasteiger partial charge in [0.1, 0.15) is 12.4 Å². The van der Waals surface area contributed by atoms with Crippen LogP contribution in [-0.2, 0) is 11.3 Å². The Hall–Kier alpha value is -2.30. The number of hydrogen-bond donors (Lipinski definition) is 4. The molecule has 2 heterocycles. The third kappa shape index (κ3) is 7.85. The fourth-order valence-electron chi connectivity index (χ4n) is 2.89. The standard InChI is InChI=1S/C19H32ClN7O3/c1-12(14(3)20)5-4-6-15(23-9-16-25-19(28)30-26-16)17(18(21)22)24-11-27-7-8-29-13(2)10-27/h4-5,12-14,24H,6-11,21-22H2,1-3H3,(H,25,26,28)/b5-4-,23-15-/t12?,13-,14?/m0/s1. The van der Waals surface area contributed by atoms with Gasteiger partial charge in [0.05, 0.1) is 30.8 Å². The molecule has 1 aromatic rings. The van der Waals surface area contributed by atoms with Crippen LogP contribution in [0.15, 0.2) is 38.0 Å². The normalized spacial score (nSPS) is 20.3. The molecule has 0 bridgehead atoms. The molecule has 0 spiro atoms. The Bertz CT molecular complexity index is 811. The number of alkyl halides is 1. The van der Waals surface area contributed by atoms with Gasteiger partial charge in [-0.3, -0.25) is 19.4 Å². The van der Waals surface area contributed by atoms with Crippen molar-refractivity contribution in [2.45, 2.75) is 45.2 Å². The number of aromatic nitrogens is 2. The minimum atomic E-state index is -0.625. The second-order valence-electron chi connectivity index (χ2n) is 7.40. The van der Waals surface area contributed by atoms with E-state index in [1.165, 1.54) is 0 Å². The zero-order valence-corrected chi connectivity index (χ0v) is 18.5. The quantitative estimate of drug-likeness (QED) is 0.237. The molecule has 10 nitrogen and oxygen atoms in total. The van der Waals surface area contributed by atoms with Crippen molar-refractivity contribution < 1.29 is 9.26 Å². The summed E-state index contributed by atoms with van der Waals surface area (Å²) in [5.41, 5.74) is 13.1. The van der Waals surface area contributed by atoms with E-state index in [2.05, 4.69) is 29.9 Å². The maximum Gasteiger partial charge on any atom is 0.438 e. The minimum absolute atomic E-state index is 0.0119. The Morgan fingerprint density at radius 2 is 2.27 bits per heavy atom. The summed E-state index contributed by atoms with van der Waals surface area (Å²) >= 11 is 6.14. The highest BCUT2D eigenvalue weighted by Crippen LogP contribution is 2.12. The lowest BCUT2D eigenvalue weighted by atomic mass is 10.1. The van der Waals surface area contributed by atoms with E-state index in [0.29, 0.717) is 36.9 Å². The van der Waals surface area contributed by atoms with Gasteiger partial charge in [0.25, 0.3) is 0 Å². The van der Waals surface area contributed by atoms with Gasteiger partial charge in [0, 0.05) is 24.9 Å². The van der Waals surface area contributed by atoms with E-state index in [-0.39, 0.29) is 29.8 Å². The average molecular weight is 442 g/mol. The summed E-state index contributed by atoms with van der Waals surface area (Å²) in [5.74, 6) is 0.0301. The van der Waals surface area contributed by atoms with Gasteiger partial charge in [-0.2, -0.15) is 0 Å². The number of aliphatic imine (C=N–C) groups is 1. The number of aromatic amines is 1. The number of rotatable bonds is 10. The van der Waals surface area contributed by atoms with Gasteiger partial charge in [0.2, 0.25) is 0 Å². The van der Waals surface area contributed by atoms with Gasteiger partial charge in [0.15, 0.2) is 5.82 Å². The van der Waals surface area contributed by atoms with Crippen LogP contribution in [0, 0.1) is 5.92 Å². The molecule has 0 aliphatic carbocycles. The fourth-order valence-corrected chi connectivity index (χ4v) is 2.97. The SMILES string of the molecule is CC(Cl)C(C)/C=C\C/C(=N/Cc1noc(=O)[nH]1)C(NCN1CCO[C@@H](C)C1)=C(N)N. The van der Waals surface area contributed by atoms with Crippen LogP contribution < -0.4 is 22.5 Å². The van der Waals surface area contributed by atoms with E-state index in [9.17, 15) is 4.79 Å². The molecule has 1 saturated heterocycles. The summed E-state index contributed by atoms with van der Waals surface area (Å²) in [5, 5.41) is 6.96. The van der Waals surface area contributed by atoms with Crippen molar-refractivity contribution in [3.8, 4) is 0 Å². The predicted molar refractivity (Wildman–Crippen MR) is 117 cm³/mol. The van der Waals surface area contributed by atoms with E-state index in [0.717, 1.165) is 13.1 Å². The molecule has 168 valence electrons. The molecule has 3 atom stereocenters. The van der Waals surface area contributed by atoms with Crippen LogP contribution in [0.25, 0.3) is 0 Å². The highest BCUT2D eigenvalue weighted by molar-refractivity contribution is 6.20. The van der Waals surface area contributed by atoms with Crippen molar-refractivity contribution in [3.63, 3.8) is 0 Å². The number of ether oxygens (including phenoxy) is 1. The molecule has 30 heavy (non-hydrogen) atoms. The number of halogens is 1. The summed E-state index contributed by atoms with van der Waals surface area (Å²) < 4.78 is 10.1. The second kappa shape index (κ2) is 11.8. The van der Waals surface area contributed by atoms with Crippen LogP contribution in [0.1, 0.15) is 33.0 Å². The third-order valence-electron chi connectivity index (χ3n) is 4.76. The number of nitrogens with zero attached hydrogens (tertiary/aromatic N) is 3. The van der Waals surface area contributed by atoms with Crippen molar-refractivity contribution in [1.82, 2.24) is 20.4 Å². The molecular formula is C19H32ClN7O3. The predicted octanol–water partition coefficient (Wildman–Crippen LogP) is 0.868. The Morgan fingerprint density at radius 3 is 2.87 bits per heavy atom. The van der Waals surface area contributed by atoms with Gasteiger partial charge in [-0.15, -0.1) is 11.6 Å². The number of allylic oxidation sites excluding steroid dienone is 3. The number of nitrogens with one attached hydrogen (secondary N) is 2. The first kappa shape index (κ1) is 24.0. The highest BCUT2D eigenvalue weighted by Gasteiger charge is 2.18. The Balaban J connectivity index is 2.15. The smallest absolute Gasteiger partial charge is 0.384 e. The molecule has 2 unspecified atom stereocenters. The van der Waals surface area contributed by atoms with E-state index < -0.39 is 5.76 Å². The number of hydrogen-bond acceptors (Lipinski definition) is 9. The molecule has 6 N–H and O–H groups in total. The third-order valence-corrected chi connectivity index (χ3v) is 5.16. The molecule has 1 aromatic heterocycles. The average Bonchev–Trinajstić information content (AvgIpc) is 3.10. The zero-order valence-electron chi connectivity index (χ0n) is 17.7. The molecule has 1 aliphatic rings. The Kier molecular flexibility index (Phi) is 9.41. The summed E-state index contributed by atoms with van der Waals surface area (Å²) in [6.07, 6.45) is 4.66. The first-order valence-electron chi connectivity index (χ1n) is 9.98. The summed E-state index contributed by atoms with van der Waals surface area (Å²) in [6.45, 7) is 9.00. The van der Waals surface area contributed by atoms with Crippen LogP contribution in [0.2, 0.25) is 0 Å². The molecule has 0 saturated carbocycles. The van der Waals surface area contributed by atoms with Crippen LogP contribution in [0.4, 0.5) is 0 Å². The number of morpholine rings is 1. The van der Waals surface area contributed by atoms with Crippen molar-refractivity contribution in [1.29, 1.82) is 0 Å². The number of H-pyrrole nitrogens is 1. The van der Waals surface area contributed by atoms with Crippen LogP contribution in [0.3, 0.4) is 0 Å². The monoisotopic (exact) mass is 441 g/mol. The lowest BCUT2D eigenvalue weighted by Crippen LogP contribution is -2.46. The Morgan fingerprint density at radius 1 is 1.50 bits per heavy atom. The number of nitrogens with two attached hydrogens (primary N) is 2. The van der Waals surface area contributed by atoms with Crippen molar-refractivity contribution in [3.05, 3.63) is 40.0 Å². The fraction of sp³-hybridized carbons (Fsp3) is 0.632. The molecule has 1 fully saturated rings. The lowest BCUT2D eigenvalue weighted by molar-refractivity contribution is -0.0197. The first-order valence-corrected chi connectivity index (χ1v) is 10.4. The topological polar surface area (TPSA) is 148 Å². The van der Waals surface area contributed by atoms with E-state index in [4.69, 9.17) is 27.8 Å². The molecule has 0 amide bonds. The van der Waals surface area contributed by atoms with Gasteiger partial charge in [-0.05, 0) is 19.8 Å². The maximum atomic E-state index is 11.2. The van der Waals surface area contributed by atoms with Crippen molar-refractivity contribution in [2.24, 2.45) is 22.4 Å². The van der Waals surface area contributed by atoms with Gasteiger partial charge in [-0.1, -0.05) is 24.2 Å². The minimum Gasteiger partial charge on any atom is -0.384 e. The van der Waals surface area contributed by atoms with Crippen molar-refractivity contribution in [2.75, 3.05) is 26.4 Å². The van der Waals surface area contributed by atoms with E-state index >= 15 is 0 Å². The van der Waals surface area contributed by atoms with E-state index in [1.807, 2.05) is 32.9 Å². The van der Waals surface area contributed by atoms with Gasteiger partial charge >= 0.3 is 5.76 Å². The first-order chi connectivity index (χ1) is 14.3. The van der Waals surface area contributed by atoms with Crippen LogP contribution in [-0.4, -0.2) is 58.6 Å². The summed E-state index contributed by atoms with van der Waals surface area (Å²) in [4.78, 5) is 20.4. The van der Waals surface area contributed by atoms with Crippen LogP contribution in [0.5, 0.6) is 0 Å². The molecule has 2 rings (SSSR count). The largest absolute Gasteiger partial charge is 0.438 e. The maximum absolute atomic E-state index is 11.2. The zero-order chi connectivity index (χ0) is 22.1. The molecule has 0 aromatic carbocycles. The highest BCUT2D eigenvalue weighted by atomic mass is 35.5. The van der Waals surface area contributed by atoms with E-state index in [1.54, 1.807) is 0 Å². The van der Waals surface area contributed by atoms with Gasteiger partial charge in [-0.25, -0.2) is 4.79 Å². The molecule has 11 heteroatoms. The summed E-state index contributed by atoms with van der Waals surface area (Å²) in [6, 6.07) is 0. The van der Waals surface area contributed by atoms with Gasteiger partial charge < -0.3 is 21.5 Å². The summed E-state index contributed by atoms with van der Waals surface area (Å²) in [7, 11) is 0. The van der Waals surface area contributed by atoms with Crippen molar-refractivity contribution >= 4 is 17.3 Å². The van der Waals surface area contributed by atoms with Crippen LogP contribution >= 0.6 is 11.6 Å². The molecule has 0 radical (unpaired) electrons. The lowest BCUT2D eigenvalue weighted by Gasteiger charge is -2.31. The molecule has 1 aliphatic heterocycles.